The van der Waals surface area contributed by atoms with Crippen LogP contribution >= 0.6 is 23.5 Å². The molecule has 2 fully saturated rings. The van der Waals surface area contributed by atoms with Crippen LogP contribution in [0.2, 0.25) is 18.1 Å². The van der Waals surface area contributed by atoms with E-state index in [1.54, 1.807) is 12.5 Å². The van der Waals surface area contributed by atoms with Gasteiger partial charge in [-0.05, 0) is 40.4 Å². The number of carboxylic acid groups (broad SMARTS) is 1. The number of hydrogen-bond donors (Lipinski definition) is 1. The summed E-state index contributed by atoms with van der Waals surface area (Å²) in [7, 11) is -0.157. The molecule has 0 aromatic carbocycles. The fourth-order valence-electron chi connectivity index (χ4n) is 2.99. The van der Waals surface area contributed by atoms with Crippen LogP contribution in [0.3, 0.4) is 0 Å². The molecule has 2 unspecified atom stereocenters. The van der Waals surface area contributed by atoms with Gasteiger partial charge in [0.15, 0.2) is 14.4 Å². The molecule has 3 rings (SSSR count). The lowest BCUT2D eigenvalue weighted by Crippen LogP contribution is -2.61. The van der Waals surface area contributed by atoms with E-state index in [1.165, 1.54) is 33.1 Å². The molecule has 1 aromatic rings. The van der Waals surface area contributed by atoms with E-state index in [4.69, 9.17) is 4.43 Å². The third-order valence-corrected chi connectivity index (χ3v) is 12.8. The lowest BCUT2D eigenvalue weighted by atomic mass is 9.93. The molecule has 0 bridgehead atoms. The number of fused-ring (bicyclic) bond motifs is 1. The van der Waals surface area contributed by atoms with E-state index in [1.807, 2.05) is 0 Å². The minimum Gasteiger partial charge on any atom is -0.479 e. The van der Waals surface area contributed by atoms with E-state index < -0.39 is 20.3 Å². The summed E-state index contributed by atoms with van der Waals surface area (Å²) < 4.78 is 7.72. The molecule has 9 nitrogen and oxygen atoms in total. The number of tetrazole rings is 1. The van der Waals surface area contributed by atoms with Crippen LogP contribution in [0, 0.1) is 5.92 Å². The number of aromatic nitrogens is 4. The molecule has 29 heavy (non-hydrogen) atoms. The molecule has 2 aliphatic rings. The van der Waals surface area contributed by atoms with Crippen molar-refractivity contribution in [3.63, 3.8) is 0 Å². The van der Waals surface area contributed by atoms with Crippen LogP contribution in [0.4, 0.5) is 0 Å². The van der Waals surface area contributed by atoms with Gasteiger partial charge in [0.25, 0.3) is 0 Å². The Morgan fingerprint density at radius 1 is 1.41 bits per heavy atom. The van der Waals surface area contributed by atoms with Crippen molar-refractivity contribution in [3.8, 4) is 0 Å². The van der Waals surface area contributed by atoms with Crippen LogP contribution in [-0.2, 0) is 21.1 Å². The Balaban J connectivity index is 1.65. The number of carbonyl (C=O) groups excluding carboxylic acids is 1. The Bertz CT molecular complexity index is 838. The van der Waals surface area contributed by atoms with Gasteiger partial charge in [-0.25, -0.2) is 9.48 Å². The van der Waals surface area contributed by atoms with Gasteiger partial charge in [-0.1, -0.05) is 32.5 Å². The molecule has 0 aliphatic carbocycles. The van der Waals surface area contributed by atoms with Gasteiger partial charge >= 0.3 is 5.97 Å². The average molecular weight is 458 g/mol. The molecule has 1 aromatic heterocycles. The standard InChI is InChI=1S/C17H27N5O4S2Si/c1-17(2,3)29(5,6)26-8-7-10-13(23)22-12(15(24)25)11(28-14(10)22)9-27-16-18-19-20-21(16)4/h9-10,12,14H,7-8H2,1-6H3,(H,24,25)/t10-,12?,14?/m1/s1. The first kappa shape index (κ1) is 22.3. The minimum absolute atomic E-state index is 0.109. The molecule has 2 saturated heterocycles. The summed E-state index contributed by atoms with van der Waals surface area (Å²) in [6.45, 7) is 11.4. The highest BCUT2D eigenvalue weighted by atomic mass is 32.2. The predicted octanol–water partition coefficient (Wildman–Crippen LogP) is 2.54. The van der Waals surface area contributed by atoms with Crippen molar-refractivity contribution in [3.05, 3.63) is 10.3 Å². The van der Waals surface area contributed by atoms with Gasteiger partial charge in [-0.15, -0.1) is 16.9 Å². The molecular weight excluding hydrogens is 430 g/mol. The van der Waals surface area contributed by atoms with Gasteiger partial charge in [-0.2, -0.15) is 0 Å². The van der Waals surface area contributed by atoms with Gasteiger partial charge in [0, 0.05) is 18.6 Å². The monoisotopic (exact) mass is 457 g/mol. The first-order chi connectivity index (χ1) is 13.4. The minimum atomic E-state index is -1.87. The quantitative estimate of drug-likeness (QED) is 0.375. The summed E-state index contributed by atoms with van der Waals surface area (Å²) in [5.41, 5.74) is 0. The molecule has 0 radical (unpaired) electrons. The Labute approximate surface area is 179 Å². The van der Waals surface area contributed by atoms with Crippen molar-refractivity contribution in [2.45, 2.75) is 61.9 Å². The van der Waals surface area contributed by atoms with Gasteiger partial charge in [0.2, 0.25) is 11.1 Å². The number of carbonyl (C=O) groups is 2. The number of hydrogen-bond acceptors (Lipinski definition) is 8. The maximum Gasteiger partial charge on any atom is 0.331 e. The summed E-state index contributed by atoms with van der Waals surface area (Å²) in [4.78, 5) is 26.6. The van der Waals surface area contributed by atoms with E-state index in [0.717, 1.165) is 0 Å². The van der Waals surface area contributed by atoms with Crippen LogP contribution in [0.25, 0.3) is 0 Å². The second-order valence-electron chi connectivity index (χ2n) is 8.72. The highest BCUT2D eigenvalue weighted by molar-refractivity contribution is 8.06. The van der Waals surface area contributed by atoms with E-state index in [2.05, 4.69) is 49.4 Å². The third kappa shape index (κ3) is 4.25. The first-order valence-corrected chi connectivity index (χ1v) is 14.1. The lowest BCUT2D eigenvalue weighted by molar-refractivity contribution is -0.161. The van der Waals surface area contributed by atoms with E-state index in [-0.39, 0.29) is 22.2 Å². The van der Waals surface area contributed by atoms with Gasteiger partial charge in [0.1, 0.15) is 0 Å². The molecular formula is C17H27N5O4S2Si. The first-order valence-electron chi connectivity index (χ1n) is 9.39. The number of nitrogens with zero attached hydrogens (tertiary/aromatic N) is 5. The fraction of sp³-hybridized carbons (Fsp3) is 0.706. The lowest BCUT2D eigenvalue weighted by Gasteiger charge is -2.44. The van der Waals surface area contributed by atoms with Crippen molar-refractivity contribution < 1.29 is 19.1 Å². The molecule has 1 N–H and O–H groups in total. The molecule has 0 saturated carbocycles. The molecule has 3 atom stereocenters. The maximum absolute atomic E-state index is 12.7. The van der Waals surface area contributed by atoms with Crippen LogP contribution in [0.15, 0.2) is 15.5 Å². The zero-order chi connectivity index (χ0) is 21.6. The van der Waals surface area contributed by atoms with E-state index in [9.17, 15) is 14.7 Å². The Hall–Kier alpha value is -1.37. The number of aryl methyl sites for hydroxylation is 1. The number of β-lactam (4-membered cyclic amide) rings is 1. The highest BCUT2D eigenvalue weighted by Gasteiger charge is 2.58. The van der Waals surface area contributed by atoms with Crippen molar-refractivity contribution in [1.29, 1.82) is 0 Å². The van der Waals surface area contributed by atoms with E-state index >= 15 is 0 Å². The second-order valence-corrected chi connectivity index (χ2v) is 15.6. The summed E-state index contributed by atoms with van der Waals surface area (Å²) in [5, 5.41) is 23.1. The van der Waals surface area contributed by atoms with Crippen molar-refractivity contribution in [2.24, 2.45) is 13.0 Å². The van der Waals surface area contributed by atoms with Crippen molar-refractivity contribution >= 4 is 43.7 Å². The Morgan fingerprint density at radius 2 is 2.10 bits per heavy atom. The maximum atomic E-state index is 12.7. The average Bonchev–Trinajstić information content (AvgIpc) is 3.17. The highest BCUT2D eigenvalue weighted by Crippen LogP contribution is 2.51. The van der Waals surface area contributed by atoms with E-state index in [0.29, 0.717) is 23.1 Å². The second kappa shape index (κ2) is 8.04. The molecule has 3 heterocycles. The zero-order valence-corrected chi connectivity index (χ0v) is 20.1. The number of carboxylic acids is 1. The third-order valence-electron chi connectivity index (χ3n) is 5.79. The largest absolute Gasteiger partial charge is 0.479 e. The Morgan fingerprint density at radius 3 is 2.66 bits per heavy atom. The summed E-state index contributed by atoms with van der Waals surface area (Å²) in [5.74, 6) is -1.34. The smallest absolute Gasteiger partial charge is 0.331 e. The van der Waals surface area contributed by atoms with Gasteiger partial charge < -0.3 is 14.4 Å². The van der Waals surface area contributed by atoms with Gasteiger partial charge in [-0.3, -0.25) is 4.79 Å². The summed E-state index contributed by atoms with van der Waals surface area (Å²) in [6.07, 6.45) is 0.611. The topological polar surface area (TPSA) is 110 Å². The number of thioether (sulfide) groups is 2. The molecule has 12 heteroatoms. The molecule has 1 amide bonds. The van der Waals surface area contributed by atoms with Crippen LogP contribution in [-0.4, -0.2) is 68.4 Å². The summed E-state index contributed by atoms with van der Waals surface area (Å²) >= 11 is 2.70. The number of rotatable bonds is 7. The van der Waals surface area contributed by atoms with Crippen molar-refractivity contribution in [2.75, 3.05) is 6.61 Å². The van der Waals surface area contributed by atoms with Crippen LogP contribution < -0.4 is 0 Å². The van der Waals surface area contributed by atoms with Crippen LogP contribution in [0.5, 0.6) is 0 Å². The van der Waals surface area contributed by atoms with Crippen molar-refractivity contribution in [1.82, 2.24) is 25.1 Å². The zero-order valence-electron chi connectivity index (χ0n) is 17.4. The SMILES string of the molecule is Cn1nnnc1SC=C1SC2[C@H](CCO[Si](C)(C)C(C)(C)C)C(=O)N2C1C(=O)O. The fourth-order valence-corrected chi connectivity index (χ4v) is 6.42. The number of amides is 1. The predicted molar refractivity (Wildman–Crippen MR) is 114 cm³/mol. The normalized spacial score (nSPS) is 26.0. The van der Waals surface area contributed by atoms with Crippen LogP contribution in [0.1, 0.15) is 27.2 Å². The summed E-state index contributed by atoms with van der Waals surface area (Å²) in [6, 6.07) is -0.941. The van der Waals surface area contributed by atoms with Gasteiger partial charge in [0.05, 0.1) is 11.3 Å². The molecule has 0 spiro atoms. The Kier molecular flexibility index (Phi) is 6.19. The molecule has 2 aliphatic heterocycles. The number of aliphatic carboxylic acids is 1. The molecule has 160 valence electrons.